The Morgan fingerprint density at radius 2 is 1.62 bits per heavy atom. The number of hydrogen-bond acceptors (Lipinski definition) is 3. The number of fused-ring (bicyclic) bond motifs is 1. The number of hydrogen-bond donors (Lipinski definition) is 0. The topological polar surface area (TPSA) is 44.1 Å². The number of esters is 1. The lowest BCUT2D eigenvalue weighted by Crippen LogP contribution is -2.04. The molecular weight excluding hydrogens is 324 g/mol. The van der Waals surface area contributed by atoms with Gasteiger partial charge >= 0.3 is 5.97 Å². The van der Waals surface area contributed by atoms with Gasteiger partial charge in [-0.3, -0.25) is 0 Å². The SMILES string of the molecule is CCOC(=O)c1ccc(-c2c3ccccc3nn2-c2ccccc2)cc1. The Labute approximate surface area is 151 Å². The molecule has 4 heteroatoms. The molecule has 4 rings (SSSR count). The highest BCUT2D eigenvalue weighted by Crippen LogP contribution is 2.31. The summed E-state index contributed by atoms with van der Waals surface area (Å²) in [7, 11) is 0. The van der Waals surface area contributed by atoms with Gasteiger partial charge in [0, 0.05) is 10.9 Å². The van der Waals surface area contributed by atoms with Gasteiger partial charge in [0.2, 0.25) is 0 Å². The van der Waals surface area contributed by atoms with Crippen molar-refractivity contribution in [2.24, 2.45) is 0 Å². The first-order chi connectivity index (χ1) is 12.8. The van der Waals surface area contributed by atoms with E-state index in [1.54, 1.807) is 19.1 Å². The van der Waals surface area contributed by atoms with Gasteiger partial charge in [-0.05, 0) is 37.3 Å². The third-order valence-corrected chi connectivity index (χ3v) is 4.25. The second kappa shape index (κ2) is 6.84. The van der Waals surface area contributed by atoms with Gasteiger partial charge in [-0.1, -0.05) is 48.5 Å². The zero-order valence-electron chi connectivity index (χ0n) is 14.4. The molecule has 4 aromatic rings. The Morgan fingerprint density at radius 1 is 0.923 bits per heavy atom. The van der Waals surface area contributed by atoms with Crippen LogP contribution in [0.2, 0.25) is 0 Å². The standard InChI is InChI=1S/C22H18N2O2/c1-2-26-22(25)17-14-12-16(13-15-17)21-19-10-6-7-11-20(19)23-24(21)18-8-4-3-5-9-18/h3-15H,2H2,1H3. The van der Waals surface area contributed by atoms with Crippen molar-refractivity contribution in [3.8, 4) is 16.9 Å². The van der Waals surface area contributed by atoms with Gasteiger partial charge in [-0.15, -0.1) is 0 Å². The van der Waals surface area contributed by atoms with E-state index < -0.39 is 0 Å². The Balaban J connectivity index is 1.86. The summed E-state index contributed by atoms with van der Waals surface area (Å²) in [6.07, 6.45) is 0. The summed E-state index contributed by atoms with van der Waals surface area (Å²) in [5, 5.41) is 5.84. The smallest absolute Gasteiger partial charge is 0.338 e. The minimum absolute atomic E-state index is 0.305. The van der Waals surface area contributed by atoms with Crippen LogP contribution in [-0.4, -0.2) is 22.4 Å². The molecular formula is C22H18N2O2. The van der Waals surface area contributed by atoms with E-state index in [1.807, 2.05) is 65.3 Å². The molecule has 3 aromatic carbocycles. The second-order valence-electron chi connectivity index (χ2n) is 5.91. The Kier molecular flexibility index (Phi) is 4.23. The van der Waals surface area contributed by atoms with Crippen molar-refractivity contribution in [1.82, 2.24) is 9.78 Å². The maximum absolute atomic E-state index is 11.9. The van der Waals surface area contributed by atoms with E-state index in [0.29, 0.717) is 12.2 Å². The summed E-state index contributed by atoms with van der Waals surface area (Å²) >= 11 is 0. The molecule has 26 heavy (non-hydrogen) atoms. The zero-order valence-corrected chi connectivity index (χ0v) is 14.4. The van der Waals surface area contributed by atoms with Gasteiger partial charge in [0.05, 0.1) is 29.1 Å². The molecule has 0 saturated heterocycles. The average molecular weight is 342 g/mol. The van der Waals surface area contributed by atoms with Gasteiger partial charge in [0.15, 0.2) is 0 Å². The lowest BCUT2D eigenvalue weighted by molar-refractivity contribution is 0.0526. The van der Waals surface area contributed by atoms with Crippen molar-refractivity contribution >= 4 is 16.9 Å². The summed E-state index contributed by atoms with van der Waals surface area (Å²) in [6.45, 7) is 2.17. The molecule has 128 valence electrons. The molecule has 0 spiro atoms. The predicted molar refractivity (Wildman–Crippen MR) is 102 cm³/mol. The van der Waals surface area contributed by atoms with Gasteiger partial charge in [-0.25, -0.2) is 9.48 Å². The summed E-state index contributed by atoms with van der Waals surface area (Å²) in [4.78, 5) is 11.9. The van der Waals surface area contributed by atoms with Gasteiger partial charge < -0.3 is 4.74 Å². The second-order valence-corrected chi connectivity index (χ2v) is 5.91. The van der Waals surface area contributed by atoms with Crippen molar-refractivity contribution in [2.45, 2.75) is 6.92 Å². The molecule has 0 saturated carbocycles. The number of ether oxygens (including phenoxy) is 1. The Morgan fingerprint density at radius 3 is 2.35 bits per heavy atom. The van der Waals surface area contributed by atoms with Gasteiger partial charge in [0.1, 0.15) is 0 Å². The number of aromatic nitrogens is 2. The number of nitrogens with zero attached hydrogens (tertiary/aromatic N) is 2. The molecule has 1 heterocycles. The third kappa shape index (κ3) is 2.86. The Bertz CT molecular complexity index is 1050. The predicted octanol–water partition coefficient (Wildman–Crippen LogP) is 4.87. The number of carbonyl (C=O) groups is 1. The first-order valence-electron chi connectivity index (χ1n) is 8.58. The van der Waals surface area contributed by atoms with Crippen molar-refractivity contribution in [3.63, 3.8) is 0 Å². The monoisotopic (exact) mass is 342 g/mol. The van der Waals surface area contributed by atoms with Crippen LogP contribution in [0.3, 0.4) is 0 Å². The molecule has 4 nitrogen and oxygen atoms in total. The van der Waals surface area contributed by atoms with E-state index in [4.69, 9.17) is 9.84 Å². The van der Waals surface area contributed by atoms with E-state index >= 15 is 0 Å². The maximum atomic E-state index is 11.9. The van der Waals surface area contributed by atoms with E-state index in [2.05, 4.69) is 6.07 Å². The lowest BCUT2D eigenvalue weighted by Gasteiger charge is -2.09. The molecule has 0 amide bonds. The molecule has 0 aliphatic carbocycles. The van der Waals surface area contributed by atoms with E-state index in [9.17, 15) is 4.79 Å². The van der Waals surface area contributed by atoms with E-state index in [0.717, 1.165) is 27.8 Å². The fraction of sp³-hybridized carbons (Fsp3) is 0.0909. The van der Waals surface area contributed by atoms with Crippen LogP contribution >= 0.6 is 0 Å². The molecule has 0 aliphatic heterocycles. The molecule has 1 aromatic heterocycles. The zero-order chi connectivity index (χ0) is 17.9. The fourth-order valence-electron chi connectivity index (χ4n) is 3.05. The number of benzene rings is 3. The molecule has 0 fully saturated rings. The summed E-state index contributed by atoms with van der Waals surface area (Å²) in [5.41, 5.74) is 4.47. The molecule has 0 N–H and O–H groups in total. The van der Waals surface area contributed by atoms with Gasteiger partial charge in [0.25, 0.3) is 0 Å². The Hall–Kier alpha value is -3.40. The highest BCUT2D eigenvalue weighted by Gasteiger charge is 2.15. The van der Waals surface area contributed by atoms with Crippen LogP contribution in [0.5, 0.6) is 0 Å². The number of rotatable bonds is 4. The van der Waals surface area contributed by atoms with E-state index in [1.165, 1.54) is 0 Å². The van der Waals surface area contributed by atoms with Crippen molar-refractivity contribution in [1.29, 1.82) is 0 Å². The van der Waals surface area contributed by atoms with Crippen LogP contribution in [0.15, 0.2) is 78.9 Å². The maximum Gasteiger partial charge on any atom is 0.338 e. The quantitative estimate of drug-likeness (QED) is 0.497. The highest BCUT2D eigenvalue weighted by molar-refractivity contribution is 5.95. The minimum Gasteiger partial charge on any atom is -0.462 e. The van der Waals surface area contributed by atoms with Crippen molar-refractivity contribution < 1.29 is 9.53 Å². The van der Waals surface area contributed by atoms with Crippen LogP contribution in [-0.2, 0) is 4.74 Å². The van der Waals surface area contributed by atoms with Crippen LogP contribution in [0.1, 0.15) is 17.3 Å². The minimum atomic E-state index is -0.305. The molecule has 0 radical (unpaired) electrons. The molecule has 0 atom stereocenters. The summed E-state index contributed by atoms with van der Waals surface area (Å²) < 4.78 is 7.01. The normalized spacial score (nSPS) is 10.8. The van der Waals surface area contributed by atoms with Crippen LogP contribution < -0.4 is 0 Å². The number of carbonyl (C=O) groups excluding carboxylic acids is 1. The van der Waals surface area contributed by atoms with Crippen LogP contribution in [0.25, 0.3) is 27.8 Å². The van der Waals surface area contributed by atoms with Gasteiger partial charge in [-0.2, -0.15) is 5.10 Å². The first-order valence-corrected chi connectivity index (χ1v) is 8.58. The number of para-hydroxylation sites is 1. The lowest BCUT2D eigenvalue weighted by atomic mass is 10.1. The third-order valence-electron chi connectivity index (χ3n) is 4.25. The first kappa shape index (κ1) is 16.1. The average Bonchev–Trinajstić information content (AvgIpc) is 3.08. The largest absolute Gasteiger partial charge is 0.462 e. The fourth-order valence-corrected chi connectivity index (χ4v) is 3.05. The van der Waals surface area contributed by atoms with Crippen molar-refractivity contribution in [3.05, 3.63) is 84.4 Å². The summed E-state index contributed by atoms with van der Waals surface area (Å²) in [5.74, 6) is -0.305. The summed E-state index contributed by atoms with van der Waals surface area (Å²) in [6, 6.07) is 25.6. The molecule has 0 aliphatic rings. The van der Waals surface area contributed by atoms with E-state index in [-0.39, 0.29) is 5.97 Å². The van der Waals surface area contributed by atoms with Crippen molar-refractivity contribution in [2.75, 3.05) is 6.61 Å². The molecule has 0 bridgehead atoms. The highest BCUT2D eigenvalue weighted by atomic mass is 16.5. The van der Waals surface area contributed by atoms with Crippen LogP contribution in [0.4, 0.5) is 0 Å². The molecule has 0 unspecified atom stereocenters. The van der Waals surface area contributed by atoms with Crippen LogP contribution in [0, 0.1) is 0 Å².